The summed E-state index contributed by atoms with van der Waals surface area (Å²) in [5.74, 6) is 1.23. The van der Waals surface area contributed by atoms with Gasteiger partial charge in [0.1, 0.15) is 11.5 Å². The number of aliphatic hydroxyl groups is 2. The van der Waals surface area contributed by atoms with Gasteiger partial charge in [-0.25, -0.2) is 4.79 Å². The maximum Gasteiger partial charge on any atom is 0.320 e. The minimum Gasteiger partial charge on any atom is -0.457 e. The fourth-order valence-corrected chi connectivity index (χ4v) is 5.83. The number of hydrogen-bond acceptors (Lipinski definition) is 6. The molecule has 38 heavy (non-hydrogen) atoms. The normalized spacial score (nSPS) is 23.3. The van der Waals surface area contributed by atoms with Crippen molar-refractivity contribution in [2.24, 2.45) is 11.7 Å². The van der Waals surface area contributed by atoms with Crippen LogP contribution in [0.15, 0.2) is 48.5 Å². The molecule has 2 heterocycles. The number of nitrogens with two attached hydrogens (primary N) is 1. The number of methoxy groups -OCH3 is 1. The summed E-state index contributed by atoms with van der Waals surface area (Å²) >= 11 is 0. The molecule has 2 aromatic carbocycles. The molecule has 2 aliphatic rings. The molecule has 2 aliphatic heterocycles. The quantitative estimate of drug-likeness (QED) is 0.405. The first-order valence-electron chi connectivity index (χ1n) is 13.8. The van der Waals surface area contributed by atoms with Crippen LogP contribution in [-0.2, 0) is 10.3 Å². The molecular weight excluding hydrogens is 482 g/mol. The van der Waals surface area contributed by atoms with Crippen molar-refractivity contribution < 1.29 is 24.5 Å². The Morgan fingerprint density at radius 2 is 1.84 bits per heavy atom. The molecule has 4 rings (SSSR count). The predicted molar refractivity (Wildman–Crippen MR) is 147 cm³/mol. The topological polar surface area (TPSA) is 108 Å². The van der Waals surface area contributed by atoms with Gasteiger partial charge in [0.25, 0.3) is 0 Å². The first-order chi connectivity index (χ1) is 18.3. The van der Waals surface area contributed by atoms with Crippen LogP contribution in [-0.4, -0.2) is 78.1 Å². The molecular formula is C30H43N3O5. The van der Waals surface area contributed by atoms with Crippen LogP contribution < -0.4 is 10.5 Å². The Labute approximate surface area is 226 Å². The van der Waals surface area contributed by atoms with E-state index < -0.39 is 11.1 Å². The number of ether oxygens (including phenoxy) is 2. The van der Waals surface area contributed by atoms with E-state index in [1.807, 2.05) is 60.4 Å². The van der Waals surface area contributed by atoms with Crippen molar-refractivity contribution in [1.82, 2.24) is 9.80 Å². The van der Waals surface area contributed by atoms with Gasteiger partial charge < -0.3 is 35.2 Å². The molecule has 8 heteroatoms. The average molecular weight is 526 g/mol. The Bertz CT molecular complexity index is 1080. The van der Waals surface area contributed by atoms with E-state index in [-0.39, 0.29) is 18.6 Å². The number of aliphatic hydroxyl groups excluding tert-OH is 1. The third kappa shape index (κ3) is 6.31. The lowest BCUT2D eigenvalue weighted by molar-refractivity contribution is -0.0587. The fraction of sp³-hybridized carbons (Fsp3) is 0.567. The van der Waals surface area contributed by atoms with Gasteiger partial charge in [-0.15, -0.1) is 0 Å². The molecule has 2 aromatic rings. The first-order valence-corrected chi connectivity index (χ1v) is 13.8. The molecule has 0 saturated carbocycles. The number of aryl methyl sites for hydroxylation is 1. The number of unbranched alkanes of at least 4 members (excludes halogenated alkanes) is 1. The van der Waals surface area contributed by atoms with Crippen molar-refractivity contribution in [1.29, 1.82) is 0 Å². The zero-order valence-electron chi connectivity index (χ0n) is 22.8. The molecule has 3 atom stereocenters. The van der Waals surface area contributed by atoms with Gasteiger partial charge in [0.2, 0.25) is 0 Å². The van der Waals surface area contributed by atoms with Gasteiger partial charge in [0.05, 0.1) is 17.7 Å². The maximum atomic E-state index is 13.4. The summed E-state index contributed by atoms with van der Waals surface area (Å²) in [6.07, 6.45) is 4.35. The van der Waals surface area contributed by atoms with Crippen LogP contribution in [0.2, 0.25) is 0 Å². The number of urea groups is 1. The van der Waals surface area contributed by atoms with Crippen LogP contribution in [0, 0.1) is 12.8 Å². The second-order valence-corrected chi connectivity index (χ2v) is 11.0. The summed E-state index contributed by atoms with van der Waals surface area (Å²) in [7, 11) is 1.69. The highest BCUT2D eigenvalue weighted by molar-refractivity contribution is 5.75. The smallest absolute Gasteiger partial charge is 0.320 e. The van der Waals surface area contributed by atoms with E-state index in [0.29, 0.717) is 51.4 Å². The number of piperidine rings is 1. The highest BCUT2D eigenvalue weighted by Crippen LogP contribution is 2.44. The molecule has 208 valence electrons. The van der Waals surface area contributed by atoms with Gasteiger partial charge in [-0.3, -0.25) is 0 Å². The number of likely N-dealkylation sites (tertiary alicyclic amines) is 2. The van der Waals surface area contributed by atoms with Crippen molar-refractivity contribution in [2.45, 2.75) is 56.6 Å². The SMILES string of the molecule is COCCCC[C@@](O)(c1ccccc1Oc1ccccc1C)[C@@H]1CCCN(C(=O)N2CC[C@@](N)(CO)C2)C1. The Balaban J connectivity index is 1.60. The highest BCUT2D eigenvalue weighted by atomic mass is 16.5. The number of carbonyl (C=O) groups excluding carboxylic acids is 1. The summed E-state index contributed by atoms with van der Waals surface area (Å²) in [4.78, 5) is 17.0. The second kappa shape index (κ2) is 12.5. The van der Waals surface area contributed by atoms with Crippen molar-refractivity contribution in [2.75, 3.05) is 46.5 Å². The van der Waals surface area contributed by atoms with E-state index >= 15 is 0 Å². The molecule has 0 unspecified atom stereocenters. The third-order valence-corrected chi connectivity index (χ3v) is 8.16. The number of carbonyl (C=O) groups is 1. The first kappa shape index (κ1) is 28.4. The van der Waals surface area contributed by atoms with E-state index in [1.54, 1.807) is 12.0 Å². The lowest BCUT2D eigenvalue weighted by Gasteiger charge is -2.44. The van der Waals surface area contributed by atoms with Crippen molar-refractivity contribution in [3.8, 4) is 11.5 Å². The van der Waals surface area contributed by atoms with E-state index in [4.69, 9.17) is 15.2 Å². The molecule has 4 N–H and O–H groups in total. The standard InChI is InChI=1S/C30H43N3O5/c1-23-10-3-5-13-26(23)38-27-14-6-4-12-25(27)30(36,15-7-8-19-37-2)24-11-9-17-32(20-24)28(35)33-18-16-29(31,21-33)22-34/h3-6,10,12-14,24,34,36H,7-9,11,15-22,31H2,1-2H3/t24-,29+,30+/m1/s1. The number of nitrogens with zero attached hydrogens (tertiary/aromatic N) is 2. The monoisotopic (exact) mass is 525 g/mol. The second-order valence-electron chi connectivity index (χ2n) is 11.0. The van der Waals surface area contributed by atoms with E-state index in [0.717, 1.165) is 42.6 Å². The fourth-order valence-electron chi connectivity index (χ4n) is 5.83. The lowest BCUT2D eigenvalue weighted by Crippen LogP contribution is -2.53. The largest absolute Gasteiger partial charge is 0.457 e. The van der Waals surface area contributed by atoms with Gasteiger partial charge in [0, 0.05) is 51.4 Å². The maximum absolute atomic E-state index is 13.4. The van der Waals surface area contributed by atoms with Crippen LogP contribution in [0.4, 0.5) is 4.79 Å². The van der Waals surface area contributed by atoms with Crippen LogP contribution >= 0.6 is 0 Å². The summed E-state index contributed by atoms with van der Waals surface area (Å²) in [5, 5.41) is 22.1. The summed E-state index contributed by atoms with van der Waals surface area (Å²) in [6.45, 7) is 4.47. The highest BCUT2D eigenvalue weighted by Gasteiger charge is 2.44. The zero-order valence-corrected chi connectivity index (χ0v) is 22.8. The van der Waals surface area contributed by atoms with E-state index in [9.17, 15) is 15.0 Å². The summed E-state index contributed by atoms with van der Waals surface area (Å²) < 4.78 is 11.6. The van der Waals surface area contributed by atoms with Crippen LogP contribution in [0.3, 0.4) is 0 Å². The Morgan fingerprint density at radius 3 is 2.55 bits per heavy atom. The van der Waals surface area contributed by atoms with Crippen LogP contribution in [0.5, 0.6) is 11.5 Å². The molecule has 2 saturated heterocycles. The minimum absolute atomic E-state index is 0.0679. The molecule has 8 nitrogen and oxygen atoms in total. The van der Waals surface area contributed by atoms with Gasteiger partial charge in [0.15, 0.2) is 0 Å². The Kier molecular flexibility index (Phi) is 9.31. The number of para-hydroxylation sites is 2. The molecule has 0 bridgehead atoms. The third-order valence-electron chi connectivity index (χ3n) is 8.16. The van der Waals surface area contributed by atoms with Gasteiger partial charge in [-0.05, 0) is 63.1 Å². The number of benzene rings is 2. The van der Waals surface area contributed by atoms with Crippen molar-refractivity contribution in [3.05, 3.63) is 59.7 Å². The number of amides is 2. The number of rotatable bonds is 10. The molecule has 2 amide bonds. The average Bonchev–Trinajstić information content (AvgIpc) is 3.35. The molecule has 2 fully saturated rings. The molecule has 0 spiro atoms. The van der Waals surface area contributed by atoms with Gasteiger partial charge in [-0.1, -0.05) is 36.4 Å². The molecule has 0 aromatic heterocycles. The molecule has 0 aliphatic carbocycles. The zero-order chi connectivity index (χ0) is 27.2. The van der Waals surface area contributed by atoms with Crippen LogP contribution in [0.25, 0.3) is 0 Å². The minimum atomic E-state index is -1.18. The molecule has 0 radical (unpaired) electrons. The summed E-state index contributed by atoms with van der Waals surface area (Å²) in [6, 6.07) is 15.5. The van der Waals surface area contributed by atoms with E-state index in [2.05, 4.69) is 0 Å². The van der Waals surface area contributed by atoms with Crippen molar-refractivity contribution in [3.63, 3.8) is 0 Å². The number of hydrogen-bond donors (Lipinski definition) is 3. The predicted octanol–water partition coefficient (Wildman–Crippen LogP) is 4.02. The van der Waals surface area contributed by atoms with Gasteiger partial charge >= 0.3 is 6.03 Å². The lowest BCUT2D eigenvalue weighted by atomic mass is 9.73. The van der Waals surface area contributed by atoms with Gasteiger partial charge in [-0.2, -0.15) is 0 Å². The Hall–Kier alpha value is -2.65. The van der Waals surface area contributed by atoms with Crippen LogP contribution in [0.1, 0.15) is 49.7 Å². The summed E-state index contributed by atoms with van der Waals surface area (Å²) in [5.41, 5.74) is 6.08. The Morgan fingerprint density at radius 1 is 1.11 bits per heavy atom. The van der Waals surface area contributed by atoms with Crippen molar-refractivity contribution >= 4 is 6.03 Å². The van der Waals surface area contributed by atoms with E-state index in [1.165, 1.54) is 0 Å².